The van der Waals surface area contributed by atoms with E-state index in [1.165, 1.54) is 5.56 Å². The van der Waals surface area contributed by atoms with E-state index >= 15 is 0 Å². The summed E-state index contributed by atoms with van der Waals surface area (Å²) in [6.07, 6.45) is 0. The van der Waals surface area contributed by atoms with E-state index in [2.05, 4.69) is 31.3 Å². The first-order chi connectivity index (χ1) is 11.4. The SMILES string of the molecule is COCCNC(=O)N1CC(=O)N2CC(C)(C)c3ccccc3C2C1. The first-order valence-corrected chi connectivity index (χ1v) is 8.34. The maximum Gasteiger partial charge on any atom is 0.318 e. The van der Waals surface area contributed by atoms with E-state index in [4.69, 9.17) is 4.74 Å². The van der Waals surface area contributed by atoms with Crippen LogP contribution in [-0.4, -0.2) is 61.6 Å². The van der Waals surface area contributed by atoms with E-state index in [1.807, 2.05) is 17.0 Å². The van der Waals surface area contributed by atoms with Gasteiger partial charge in [0.25, 0.3) is 0 Å². The van der Waals surface area contributed by atoms with Gasteiger partial charge in [0.1, 0.15) is 6.54 Å². The smallest absolute Gasteiger partial charge is 0.318 e. The van der Waals surface area contributed by atoms with Crippen LogP contribution < -0.4 is 5.32 Å². The number of rotatable bonds is 3. The monoisotopic (exact) mass is 331 g/mol. The van der Waals surface area contributed by atoms with Gasteiger partial charge in [-0.25, -0.2) is 4.79 Å². The number of benzene rings is 1. The van der Waals surface area contributed by atoms with Crippen molar-refractivity contribution < 1.29 is 14.3 Å². The minimum absolute atomic E-state index is 0.00993. The van der Waals surface area contributed by atoms with Gasteiger partial charge < -0.3 is 19.9 Å². The number of methoxy groups -OCH3 is 1. The minimum atomic E-state index is -0.206. The molecule has 0 bridgehead atoms. The van der Waals surface area contributed by atoms with Crippen molar-refractivity contribution in [1.82, 2.24) is 15.1 Å². The van der Waals surface area contributed by atoms with Crippen molar-refractivity contribution in [2.24, 2.45) is 0 Å². The lowest BCUT2D eigenvalue weighted by Gasteiger charge is -2.49. The number of amides is 3. The fourth-order valence-electron chi connectivity index (χ4n) is 3.71. The molecule has 24 heavy (non-hydrogen) atoms. The largest absolute Gasteiger partial charge is 0.383 e. The molecule has 1 saturated heterocycles. The van der Waals surface area contributed by atoms with Crippen molar-refractivity contribution in [3.05, 3.63) is 35.4 Å². The van der Waals surface area contributed by atoms with Crippen molar-refractivity contribution in [3.8, 4) is 0 Å². The van der Waals surface area contributed by atoms with E-state index in [-0.39, 0.29) is 29.9 Å². The first kappa shape index (κ1) is 16.8. The maximum atomic E-state index is 12.7. The van der Waals surface area contributed by atoms with Crippen LogP contribution in [0.1, 0.15) is 31.0 Å². The molecule has 1 aromatic rings. The summed E-state index contributed by atoms with van der Waals surface area (Å²) >= 11 is 0. The number of fused-ring (bicyclic) bond motifs is 3. The third-order valence-corrected chi connectivity index (χ3v) is 4.90. The average molecular weight is 331 g/mol. The third-order valence-electron chi connectivity index (χ3n) is 4.90. The van der Waals surface area contributed by atoms with E-state index in [0.29, 0.717) is 26.2 Å². The Hall–Kier alpha value is -2.08. The van der Waals surface area contributed by atoms with Crippen LogP contribution in [0.5, 0.6) is 0 Å². The molecule has 1 aromatic carbocycles. The maximum absolute atomic E-state index is 12.7. The predicted octanol–water partition coefficient (Wildman–Crippen LogP) is 1.52. The molecule has 0 aliphatic carbocycles. The van der Waals surface area contributed by atoms with E-state index < -0.39 is 0 Å². The second kappa shape index (κ2) is 6.43. The molecule has 0 aromatic heterocycles. The van der Waals surface area contributed by atoms with Gasteiger partial charge in [-0.3, -0.25) is 4.79 Å². The van der Waals surface area contributed by atoms with Gasteiger partial charge >= 0.3 is 6.03 Å². The minimum Gasteiger partial charge on any atom is -0.383 e. The summed E-state index contributed by atoms with van der Waals surface area (Å²) in [5.41, 5.74) is 2.34. The molecule has 3 rings (SSSR count). The number of piperazine rings is 1. The van der Waals surface area contributed by atoms with Crippen molar-refractivity contribution in [2.75, 3.05) is 39.9 Å². The van der Waals surface area contributed by atoms with Crippen LogP contribution in [0.2, 0.25) is 0 Å². The second-order valence-corrected chi connectivity index (χ2v) is 7.11. The quantitative estimate of drug-likeness (QED) is 0.854. The molecule has 1 atom stereocenters. The Balaban J connectivity index is 1.83. The summed E-state index contributed by atoms with van der Waals surface area (Å²) in [5, 5.41) is 2.80. The van der Waals surface area contributed by atoms with Gasteiger partial charge in [0, 0.05) is 32.2 Å². The average Bonchev–Trinajstić information content (AvgIpc) is 2.56. The van der Waals surface area contributed by atoms with Crippen LogP contribution in [0.4, 0.5) is 4.79 Å². The molecule has 0 spiro atoms. The van der Waals surface area contributed by atoms with Crippen LogP contribution in [0.3, 0.4) is 0 Å². The second-order valence-electron chi connectivity index (χ2n) is 7.11. The lowest BCUT2D eigenvalue weighted by molar-refractivity contribution is -0.140. The fourth-order valence-corrected chi connectivity index (χ4v) is 3.71. The molecule has 1 N–H and O–H groups in total. The Kier molecular flexibility index (Phi) is 4.49. The van der Waals surface area contributed by atoms with Crippen LogP contribution in [-0.2, 0) is 14.9 Å². The van der Waals surface area contributed by atoms with Gasteiger partial charge in [0.2, 0.25) is 5.91 Å². The molecule has 6 heteroatoms. The predicted molar refractivity (Wildman–Crippen MR) is 90.8 cm³/mol. The normalized spacial score (nSPS) is 22.0. The number of hydrogen-bond donors (Lipinski definition) is 1. The number of hydrogen-bond acceptors (Lipinski definition) is 3. The Labute approximate surface area is 142 Å². The van der Waals surface area contributed by atoms with E-state index in [9.17, 15) is 9.59 Å². The molecule has 0 saturated carbocycles. The highest BCUT2D eigenvalue weighted by Crippen LogP contribution is 2.41. The molecule has 130 valence electrons. The van der Waals surface area contributed by atoms with Gasteiger partial charge in [0.05, 0.1) is 12.6 Å². The molecular formula is C18H25N3O3. The molecule has 0 radical (unpaired) electrons. The highest BCUT2D eigenvalue weighted by Gasteiger charge is 2.44. The zero-order chi connectivity index (χ0) is 17.3. The highest BCUT2D eigenvalue weighted by atomic mass is 16.5. The lowest BCUT2D eigenvalue weighted by atomic mass is 9.75. The topological polar surface area (TPSA) is 61.9 Å². The zero-order valence-corrected chi connectivity index (χ0v) is 14.5. The summed E-state index contributed by atoms with van der Waals surface area (Å²) in [7, 11) is 1.59. The fraction of sp³-hybridized carbons (Fsp3) is 0.556. The van der Waals surface area contributed by atoms with Crippen molar-refractivity contribution in [2.45, 2.75) is 25.3 Å². The van der Waals surface area contributed by atoms with Crippen molar-refractivity contribution >= 4 is 11.9 Å². The molecule has 2 aliphatic rings. The molecule has 3 amide bonds. The van der Waals surface area contributed by atoms with E-state index in [1.54, 1.807) is 12.0 Å². The van der Waals surface area contributed by atoms with Crippen LogP contribution in [0.15, 0.2) is 24.3 Å². The van der Waals surface area contributed by atoms with Crippen molar-refractivity contribution in [1.29, 1.82) is 0 Å². The number of nitrogens with zero attached hydrogens (tertiary/aromatic N) is 2. The van der Waals surface area contributed by atoms with E-state index in [0.717, 1.165) is 5.56 Å². The van der Waals surface area contributed by atoms with Gasteiger partial charge in [0.15, 0.2) is 0 Å². The van der Waals surface area contributed by atoms with Crippen molar-refractivity contribution in [3.63, 3.8) is 0 Å². The zero-order valence-electron chi connectivity index (χ0n) is 14.5. The summed E-state index contributed by atoms with van der Waals surface area (Å²) in [6.45, 7) is 6.58. The summed E-state index contributed by atoms with van der Waals surface area (Å²) < 4.78 is 4.95. The Morgan fingerprint density at radius 2 is 2.12 bits per heavy atom. The number of carbonyl (C=O) groups excluding carboxylic acids is 2. The standard InChI is InChI=1S/C18H25N3O3/c1-18(2)12-21-15(13-6-4-5-7-14(13)18)10-20(11-16(21)22)17(23)19-8-9-24-3/h4-7,15H,8-12H2,1-3H3,(H,19,23). The molecule has 2 aliphatic heterocycles. The van der Waals surface area contributed by atoms with Gasteiger partial charge in [-0.15, -0.1) is 0 Å². The number of carbonyl (C=O) groups is 2. The molecule has 1 unspecified atom stereocenters. The van der Waals surface area contributed by atoms with Crippen LogP contribution in [0, 0.1) is 0 Å². The Morgan fingerprint density at radius 1 is 1.38 bits per heavy atom. The van der Waals surface area contributed by atoms with Gasteiger partial charge in [-0.05, 0) is 11.1 Å². The number of ether oxygens (including phenoxy) is 1. The summed E-state index contributed by atoms with van der Waals surface area (Å²) in [5.74, 6) is 0.00993. The van der Waals surface area contributed by atoms with Gasteiger partial charge in [-0.2, -0.15) is 0 Å². The number of urea groups is 1. The summed E-state index contributed by atoms with van der Waals surface area (Å²) in [4.78, 5) is 28.5. The number of nitrogens with one attached hydrogen (secondary N) is 1. The Bertz CT molecular complexity index is 644. The van der Waals surface area contributed by atoms with Gasteiger partial charge in [-0.1, -0.05) is 38.1 Å². The lowest BCUT2D eigenvalue weighted by Crippen LogP contribution is -2.60. The molecule has 1 fully saturated rings. The highest BCUT2D eigenvalue weighted by molar-refractivity contribution is 5.86. The van der Waals surface area contributed by atoms with Crippen LogP contribution in [0.25, 0.3) is 0 Å². The van der Waals surface area contributed by atoms with Crippen LogP contribution >= 0.6 is 0 Å². The molecule has 2 heterocycles. The molecule has 6 nitrogen and oxygen atoms in total. The summed E-state index contributed by atoms with van der Waals surface area (Å²) in [6, 6.07) is 7.98. The molecular weight excluding hydrogens is 306 g/mol. The third kappa shape index (κ3) is 2.98. The Morgan fingerprint density at radius 3 is 2.88 bits per heavy atom. The first-order valence-electron chi connectivity index (χ1n) is 8.34.